The minimum Gasteiger partial charge on any atom is -0.350 e. The van der Waals surface area contributed by atoms with Gasteiger partial charge >= 0.3 is 0 Å². The highest BCUT2D eigenvalue weighted by Crippen LogP contribution is 2.11. The van der Waals surface area contributed by atoms with Crippen molar-refractivity contribution in [3.63, 3.8) is 0 Å². The molecule has 0 fully saturated rings. The zero-order valence-corrected chi connectivity index (χ0v) is 9.01. The lowest BCUT2D eigenvalue weighted by atomic mass is 9.95. The molecule has 1 amide bonds. The summed E-state index contributed by atoms with van der Waals surface area (Å²) >= 11 is 0. The second-order valence-corrected chi connectivity index (χ2v) is 4.59. The summed E-state index contributed by atoms with van der Waals surface area (Å²) in [5, 5.41) is 11.5. The van der Waals surface area contributed by atoms with Crippen LogP contribution in [-0.2, 0) is 4.79 Å². The van der Waals surface area contributed by atoms with Crippen molar-refractivity contribution in [2.75, 3.05) is 0 Å². The molecule has 0 saturated heterocycles. The van der Waals surface area contributed by atoms with E-state index in [1.807, 2.05) is 40.7 Å². The zero-order chi connectivity index (χ0) is 10.6. The van der Waals surface area contributed by atoms with Gasteiger partial charge in [-0.3, -0.25) is 4.79 Å². The van der Waals surface area contributed by atoms with E-state index in [1.54, 1.807) is 0 Å². The van der Waals surface area contributed by atoms with Crippen LogP contribution in [0.3, 0.4) is 0 Å². The van der Waals surface area contributed by atoms with Crippen molar-refractivity contribution in [1.29, 1.82) is 5.26 Å². The standard InChI is InChI=1S/C10H18N2O/c1-7(2)8(6-11)9(13)12-10(3,4)5/h7-8H,1-5H3,(H,12,13). The maximum atomic E-state index is 11.5. The first-order valence-corrected chi connectivity index (χ1v) is 4.49. The van der Waals surface area contributed by atoms with E-state index in [0.29, 0.717) is 0 Å². The minimum absolute atomic E-state index is 0.0624. The third kappa shape index (κ3) is 4.51. The molecular formula is C10H18N2O. The lowest BCUT2D eigenvalue weighted by molar-refractivity contribution is -0.125. The first-order valence-electron chi connectivity index (χ1n) is 4.49. The van der Waals surface area contributed by atoms with Gasteiger partial charge in [0.2, 0.25) is 5.91 Å². The van der Waals surface area contributed by atoms with Gasteiger partial charge in [-0.25, -0.2) is 0 Å². The zero-order valence-electron chi connectivity index (χ0n) is 9.01. The molecule has 1 N–H and O–H groups in total. The molecule has 0 aromatic heterocycles. The molecule has 0 bridgehead atoms. The van der Waals surface area contributed by atoms with Gasteiger partial charge in [-0.2, -0.15) is 5.26 Å². The van der Waals surface area contributed by atoms with E-state index >= 15 is 0 Å². The van der Waals surface area contributed by atoms with Gasteiger partial charge in [0.1, 0.15) is 5.92 Å². The second-order valence-electron chi connectivity index (χ2n) is 4.59. The molecule has 3 heteroatoms. The van der Waals surface area contributed by atoms with Gasteiger partial charge in [0.15, 0.2) is 0 Å². The Morgan fingerprint density at radius 1 is 1.38 bits per heavy atom. The first-order chi connectivity index (χ1) is 5.78. The average molecular weight is 182 g/mol. The van der Waals surface area contributed by atoms with E-state index in [9.17, 15) is 4.79 Å². The van der Waals surface area contributed by atoms with Crippen molar-refractivity contribution in [3.05, 3.63) is 0 Å². The van der Waals surface area contributed by atoms with Crippen LogP contribution in [0.25, 0.3) is 0 Å². The SMILES string of the molecule is CC(C)C(C#N)C(=O)NC(C)(C)C. The summed E-state index contributed by atoms with van der Waals surface area (Å²) < 4.78 is 0. The number of hydrogen-bond acceptors (Lipinski definition) is 2. The van der Waals surface area contributed by atoms with Crippen LogP contribution in [0.4, 0.5) is 0 Å². The van der Waals surface area contributed by atoms with Crippen molar-refractivity contribution < 1.29 is 4.79 Å². The predicted molar refractivity (Wildman–Crippen MR) is 51.8 cm³/mol. The van der Waals surface area contributed by atoms with E-state index in [2.05, 4.69) is 5.32 Å². The van der Waals surface area contributed by atoms with Crippen molar-refractivity contribution in [3.8, 4) is 6.07 Å². The quantitative estimate of drug-likeness (QED) is 0.706. The molecule has 0 spiro atoms. The minimum atomic E-state index is -0.542. The van der Waals surface area contributed by atoms with Crippen molar-refractivity contribution in [1.82, 2.24) is 5.32 Å². The molecule has 1 atom stereocenters. The van der Waals surface area contributed by atoms with Crippen molar-refractivity contribution >= 4 is 5.91 Å². The van der Waals surface area contributed by atoms with E-state index in [4.69, 9.17) is 5.26 Å². The lowest BCUT2D eigenvalue weighted by Crippen LogP contribution is -2.44. The number of rotatable bonds is 2. The molecule has 3 nitrogen and oxygen atoms in total. The van der Waals surface area contributed by atoms with Crippen LogP contribution in [0, 0.1) is 23.2 Å². The van der Waals surface area contributed by atoms with Crippen LogP contribution >= 0.6 is 0 Å². The third-order valence-corrected chi connectivity index (χ3v) is 1.59. The second kappa shape index (κ2) is 4.27. The van der Waals surface area contributed by atoms with Crippen LogP contribution < -0.4 is 5.32 Å². The van der Waals surface area contributed by atoms with Crippen molar-refractivity contribution in [2.45, 2.75) is 40.2 Å². The Balaban J connectivity index is 4.35. The summed E-state index contributed by atoms with van der Waals surface area (Å²) in [4.78, 5) is 11.5. The topological polar surface area (TPSA) is 52.9 Å². The Morgan fingerprint density at radius 3 is 2.08 bits per heavy atom. The number of nitrogens with zero attached hydrogens (tertiary/aromatic N) is 1. The Labute approximate surface area is 80.1 Å². The summed E-state index contributed by atoms with van der Waals surface area (Å²) in [5.41, 5.74) is -0.263. The molecule has 0 aliphatic heterocycles. The van der Waals surface area contributed by atoms with E-state index in [-0.39, 0.29) is 17.4 Å². The van der Waals surface area contributed by atoms with Crippen LogP contribution in [0.15, 0.2) is 0 Å². The molecular weight excluding hydrogens is 164 g/mol. The van der Waals surface area contributed by atoms with Gasteiger partial charge in [0.05, 0.1) is 6.07 Å². The third-order valence-electron chi connectivity index (χ3n) is 1.59. The molecule has 0 aromatic rings. The van der Waals surface area contributed by atoms with Gasteiger partial charge in [0, 0.05) is 5.54 Å². The predicted octanol–water partition coefficient (Wildman–Crippen LogP) is 1.70. The highest BCUT2D eigenvalue weighted by molar-refractivity contribution is 5.81. The molecule has 74 valence electrons. The summed E-state index contributed by atoms with van der Waals surface area (Å²) in [7, 11) is 0. The van der Waals surface area contributed by atoms with Gasteiger partial charge in [0.25, 0.3) is 0 Å². The number of nitriles is 1. The average Bonchev–Trinajstić information content (AvgIpc) is 1.82. The number of hydrogen-bond donors (Lipinski definition) is 1. The number of nitrogens with one attached hydrogen (secondary N) is 1. The molecule has 0 saturated carbocycles. The molecule has 0 aromatic carbocycles. The van der Waals surface area contributed by atoms with Gasteiger partial charge in [-0.05, 0) is 26.7 Å². The monoisotopic (exact) mass is 182 g/mol. The highest BCUT2D eigenvalue weighted by atomic mass is 16.2. The molecule has 0 rings (SSSR count). The molecule has 0 aliphatic carbocycles. The fourth-order valence-corrected chi connectivity index (χ4v) is 0.958. The van der Waals surface area contributed by atoms with E-state index in [1.165, 1.54) is 0 Å². The van der Waals surface area contributed by atoms with Crippen LogP contribution in [0.2, 0.25) is 0 Å². The number of amides is 1. The maximum absolute atomic E-state index is 11.5. The van der Waals surface area contributed by atoms with E-state index in [0.717, 1.165) is 0 Å². The smallest absolute Gasteiger partial charge is 0.238 e. The van der Waals surface area contributed by atoms with Gasteiger partial charge in [-0.1, -0.05) is 13.8 Å². The molecule has 0 radical (unpaired) electrons. The lowest BCUT2D eigenvalue weighted by Gasteiger charge is -2.23. The van der Waals surface area contributed by atoms with Crippen LogP contribution in [0.5, 0.6) is 0 Å². The summed E-state index contributed by atoms with van der Waals surface area (Å²) in [6.07, 6.45) is 0. The molecule has 1 unspecified atom stereocenters. The molecule has 0 heterocycles. The fraction of sp³-hybridized carbons (Fsp3) is 0.800. The summed E-state index contributed by atoms with van der Waals surface area (Å²) in [5.74, 6) is -0.656. The first kappa shape index (κ1) is 12.0. The molecule has 0 aliphatic rings. The fourth-order valence-electron chi connectivity index (χ4n) is 0.958. The van der Waals surface area contributed by atoms with Crippen molar-refractivity contribution in [2.24, 2.45) is 11.8 Å². The number of carbonyl (C=O) groups is 1. The number of carbonyl (C=O) groups excluding carboxylic acids is 1. The summed E-state index contributed by atoms with van der Waals surface area (Å²) in [6.45, 7) is 9.45. The largest absolute Gasteiger partial charge is 0.350 e. The Kier molecular flexibility index (Phi) is 3.93. The Hall–Kier alpha value is -1.04. The molecule has 13 heavy (non-hydrogen) atoms. The highest BCUT2D eigenvalue weighted by Gasteiger charge is 2.24. The Bertz CT molecular complexity index is 220. The maximum Gasteiger partial charge on any atom is 0.238 e. The van der Waals surface area contributed by atoms with Crippen LogP contribution in [-0.4, -0.2) is 11.4 Å². The van der Waals surface area contributed by atoms with Crippen LogP contribution in [0.1, 0.15) is 34.6 Å². The van der Waals surface area contributed by atoms with Gasteiger partial charge < -0.3 is 5.32 Å². The summed E-state index contributed by atoms with van der Waals surface area (Å²) in [6, 6.07) is 2.01. The van der Waals surface area contributed by atoms with Gasteiger partial charge in [-0.15, -0.1) is 0 Å². The normalized spacial score (nSPS) is 13.6. The van der Waals surface area contributed by atoms with E-state index < -0.39 is 5.92 Å². The Morgan fingerprint density at radius 2 is 1.85 bits per heavy atom.